The molecule has 0 N–H and O–H groups in total. The van der Waals surface area contributed by atoms with Crippen LogP contribution in [0.4, 0.5) is 8.78 Å². The smallest absolute Gasteiger partial charge is 0.132 e. The topological polar surface area (TPSA) is 4.93 Å². The summed E-state index contributed by atoms with van der Waals surface area (Å²) in [5.41, 5.74) is 5.06. The van der Waals surface area contributed by atoms with Crippen LogP contribution in [0.2, 0.25) is 0 Å². The minimum atomic E-state index is -0.240. The fraction of sp³-hybridized carbons (Fsp3) is 0.273. The summed E-state index contributed by atoms with van der Waals surface area (Å²) in [6.07, 6.45) is 5.36. The second kappa shape index (κ2) is 6.47. The van der Waals surface area contributed by atoms with Crippen LogP contribution in [0.5, 0.6) is 0 Å². The Hall–Kier alpha value is -2.42. The molecule has 2 aromatic carbocycles. The Balaban J connectivity index is 1.85. The number of nitrogens with zero attached hydrogens (tertiary/aromatic N) is 1. The van der Waals surface area contributed by atoms with E-state index in [9.17, 15) is 8.78 Å². The highest BCUT2D eigenvalue weighted by molar-refractivity contribution is 5.68. The molecule has 0 fully saturated rings. The van der Waals surface area contributed by atoms with Crippen LogP contribution in [0.3, 0.4) is 0 Å². The van der Waals surface area contributed by atoms with E-state index in [0.717, 1.165) is 30.5 Å². The summed E-state index contributed by atoms with van der Waals surface area (Å²) >= 11 is 0. The predicted octanol–water partition coefficient (Wildman–Crippen LogP) is 5.92. The number of fused-ring (bicyclic) bond motifs is 1. The zero-order valence-electron chi connectivity index (χ0n) is 14.3. The van der Waals surface area contributed by atoms with Gasteiger partial charge < -0.3 is 4.57 Å². The third kappa shape index (κ3) is 2.88. The molecule has 0 spiro atoms. The normalized spacial score (nSPS) is 16.2. The van der Waals surface area contributed by atoms with Crippen molar-refractivity contribution < 1.29 is 8.78 Å². The van der Waals surface area contributed by atoms with Crippen molar-refractivity contribution in [1.82, 2.24) is 4.57 Å². The molecule has 1 aromatic heterocycles. The van der Waals surface area contributed by atoms with Crippen LogP contribution >= 0.6 is 0 Å². The highest BCUT2D eigenvalue weighted by atomic mass is 19.1. The maximum absolute atomic E-state index is 14.5. The Kier molecular flexibility index (Phi) is 4.16. The van der Waals surface area contributed by atoms with E-state index in [0.29, 0.717) is 18.0 Å². The highest BCUT2D eigenvalue weighted by Crippen LogP contribution is 2.42. The van der Waals surface area contributed by atoms with E-state index < -0.39 is 0 Å². The molecule has 0 saturated carbocycles. The maximum atomic E-state index is 14.5. The van der Waals surface area contributed by atoms with Crippen LogP contribution in [0.1, 0.15) is 42.4 Å². The first-order chi connectivity index (χ1) is 12.2. The minimum Gasteiger partial charge on any atom is -0.342 e. The largest absolute Gasteiger partial charge is 0.342 e. The van der Waals surface area contributed by atoms with E-state index in [2.05, 4.69) is 17.7 Å². The van der Waals surface area contributed by atoms with Gasteiger partial charge >= 0.3 is 0 Å². The third-order valence-electron chi connectivity index (χ3n) is 5.26. The summed E-state index contributed by atoms with van der Waals surface area (Å²) in [5.74, 6) is 0.0918. The number of halogens is 2. The van der Waals surface area contributed by atoms with Gasteiger partial charge in [-0.25, -0.2) is 8.78 Å². The lowest BCUT2D eigenvalue weighted by Crippen LogP contribution is -2.03. The molecule has 0 amide bonds. The Bertz CT molecular complexity index is 910. The van der Waals surface area contributed by atoms with Gasteiger partial charge in [-0.05, 0) is 66.1 Å². The molecular formula is C22H21F2N. The molecule has 1 heterocycles. The van der Waals surface area contributed by atoms with Gasteiger partial charge in [-0.1, -0.05) is 31.2 Å². The van der Waals surface area contributed by atoms with E-state index in [1.54, 1.807) is 18.2 Å². The van der Waals surface area contributed by atoms with Gasteiger partial charge in [0.2, 0.25) is 0 Å². The third-order valence-corrected chi connectivity index (χ3v) is 5.26. The van der Waals surface area contributed by atoms with Crippen LogP contribution in [0.25, 0.3) is 11.3 Å². The lowest BCUT2D eigenvalue weighted by atomic mass is 10.0. The number of hydrogen-bond donors (Lipinski definition) is 0. The number of rotatable bonds is 4. The molecule has 0 saturated heterocycles. The lowest BCUT2D eigenvalue weighted by Gasteiger charge is -2.13. The maximum Gasteiger partial charge on any atom is 0.132 e. The highest BCUT2D eigenvalue weighted by Gasteiger charge is 2.28. The van der Waals surface area contributed by atoms with Crippen LogP contribution in [0, 0.1) is 11.6 Å². The monoisotopic (exact) mass is 337 g/mol. The van der Waals surface area contributed by atoms with Crippen molar-refractivity contribution in [1.29, 1.82) is 0 Å². The summed E-state index contributed by atoms with van der Waals surface area (Å²) in [4.78, 5) is 0. The van der Waals surface area contributed by atoms with Crippen LogP contribution in [-0.4, -0.2) is 4.57 Å². The van der Waals surface area contributed by atoms with Crippen molar-refractivity contribution in [2.24, 2.45) is 0 Å². The van der Waals surface area contributed by atoms with Gasteiger partial charge in [0.1, 0.15) is 11.6 Å². The first kappa shape index (κ1) is 16.1. The lowest BCUT2D eigenvalue weighted by molar-refractivity contribution is 0.620. The first-order valence-corrected chi connectivity index (χ1v) is 8.88. The molecule has 1 atom stereocenters. The Morgan fingerprint density at radius 3 is 2.68 bits per heavy atom. The molecule has 3 aromatic rings. The first-order valence-electron chi connectivity index (χ1n) is 8.88. The van der Waals surface area contributed by atoms with Gasteiger partial charge in [0.25, 0.3) is 0 Å². The average Bonchev–Trinajstić information content (AvgIpc) is 3.14. The number of hydrogen-bond acceptors (Lipinski definition) is 0. The number of aromatic nitrogens is 1. The molecule has 4 rings (SSSR count). The zero-order valence-corrected chi connectivity index (χ0v) is 14.3. The molecule has 1 aliphatic rings. The summed E-state index contributed by atoms with van der Waals surface area (Å²) in [7, 11) is 0. The van der Waals surface area contributed by atoms with E-state index in [1.807, 2.05) is 18.2 Å². The van der Waals surface area contributed by atoms with Gasteiger partial charge in [0.15, 0.2) is 0 Å². The molecular weight excluding hydrogens is 316 g/mol. The van der Waals surface area contributed by atoms with E-state index in [4.69, 9.17) is 0 Å². The van der Waals surface area contributed by atoms with Gasteiger partial charge in [0.05, 0.1) is 5.69 Å². The molecule has 25 heavy (non-hydrogen) atoms. The van der Waals surface area contributed by atoms with Gasteiger partial charge in [-0.15, -0.1) is 0 Å². The molecule has 1 nitrogen and oxygen atoms in total. The second-order valence-corrected chi connectivity index (χ2v) is 6.79. The van der Waals surface area contributed by atoms with Crippen molar-refractivity contribution >= 4 is 0 Å². The van der Waals surface area contributed by atoms with Gasteiger partial charge in [-0.2, -0.15) is 0 Å². The van der Waals surface area contributed by atoms with Crippen molar-refractivity contribution in [3.05, 3.63) is 83.1 Å². The summed E-state index contributed by atoms with van der Waals surface area (Å²) in [5, 5.41) is 0. The second-order valence-electron chi connectivity index (χ2n) is 6.79. The standard InChI is InChI=1S/C22H21F2N/c1-2-16-10-11-18-20(16)14-25(13-15-6-5-7-17(23)12-15)22(18)19-8-3-4-9-21(19)24/h3-9,12,14,16H,2,10-11,13H2,1H3. The molecule has 0 radical (unpaired) electrons. The Morgan fingerprint density at radius 2 is 1.92 bits per heavy atom. The molecule has 0 bridgehead atoms. The quantitative estimate of drug-likeness (QED) is 0.557. The zero-order chi connectivity index (χ0) is 17.4. The van der Waals surface area contributed by atoms with Gasteiger partial charge in [0, 0.05) is 18.3 Å². The van der Waals surface area contributed by atoms with Crippen molar-refractivity contribution in [3.8, 4) is 11.3 Å². The SMILES string of the molecule is CCC1CCc2c1cn(Cc1cccc(F)c1)c2-c1ccccc1F. The van der Waals surface area contributed by atoms with Crippen LogP contribution in [0.15, 0.2) is 54.7 Å². The molecule has 3 heteroatoms. The summed E-state index contributed by atoms with van der Waals surface area (Å²) in [6.45, 7) is 2.75. The van der Waals surface area contributed by atoms with E-state index in [1.165, 1.54) is 23.3 Å². The number of benzene rings is 2. The van der Waals surface area contributed by atoms with E-state index in [-0.39, 0.29) is 11.6 Å². The Morgan fingerprint density at radius 1 is 1.08 bits per heavy atom. The molecule has 0 aliphatic heterocycles. The molecule has 128 valence electrons. The average molecular weight is 337 g/mol. The van der Waals surface area contributed by atoms with Gasteiger partial charge in [-0.3, -0.25) is 0 Å². The van der Waals surface area contributed by atoms with Crippen molar-refractivity contribution in [3.63, 3.8) is 0 Å². The van der Waals surface area contributed by atoms with Crippen molar-refractivity contribution in [2.45, 2.75) is 38.6 Å². The fourth-order valence-electron chi connectivity index (χ4n) is 4.06. The van der Waals surface area contributed by atoms with Crippen molar-refractivity contribution in [2.75, 3.05) is 0 Å². The Labute approximate surface area is 146 Å². The minimum absolute atomic E-state index is 0.205. The molecule has 1 aliphatic carbocycles. The fourth-order valence-corrected chi connectivity index (χ4v) is 4.06. The summed E-state index contributed by atoms with van der Waals surface area (Å²) in [6, 6.07) is 13.6. The van der Waals surface area contributed by atoms with Crippen LogP contribution < -0.4 is 0 Å². The molecule has 1 unspecified atom stereocenters. The van der Waals surface area contributed by atoms with Crippen LogP contribution in [-0.2, 0) is 13.0 Å². The van der Waals surface area contributed by atoms with E-state index >= 15 is 0 Å². The predicted molar refractivity (Wildman–Crippen MR) is 96.7 cm³/mol. The summed E-state index contributed by atoms with van der Waals surface area (Å²) < 4.78 is 30.2.